The molecule has 0 spiro atoms. The summed E-state index contributed by atoms with van der Waals surface area (Å²) in [7, 11) is 2.67. The van der Waals surface area contributed by atoms with Crippen molar-refractivity contribution in [2.45, 2.75) is 0 Å². The molecule has 0 fully saturated rings. The van der Waals surface area contributed by atoms with Crippen LogP contribution in [0.2, 0.25) is 0 Å². The van der Waals surface area contributed by atoms with Crippen LogP contribution in [0.4, 0.5) is 0 Å². The van der Waals surface area contributed by atoms with Gasteiger partial charge in [-0.25, -0.2) is 0 Å². The molecule has 2 rings (SSSR count). The maximum Gasteiger partial charge on any atom is 0.251 e. The first-order valence-electron chi connectivity index (χ1n) is 6.80. The lowest BCUT2D eigenvalue weighted by Gasteiger charge is -2.18. The first-order chi connectivity index (χ1) is 11.3. The quantitative estimate of drug-likeness (QED) is 0.685. The lowest BCUT2D eigenvalue weighted by Crippen LogP contribution is -2.28. The molecular weight excluding hydrogens is 316 g/mol. The van der Waals surface area contributed by atoms with E-state index in [1.807, 2.05) is 0 Å². The molecule has 124 valence electrons. The van der Waals surface area contributed by atoms with Crippen molar-refractivity contribution in [1.29, 1.82) is 0 Å². The summed E-state index contributed by atoms with van der Waals surface area (Å²) in [5.41, 5.74) is -0.997. The van der Waals surface area contributed by atoms with Crippen LogP contribution in [-0.4, -0.2) is 37.8 Å². The zero-order valence-electron chi connectivity index (χ0n) is 12.8. The normalized spacial score (nSPS) is 10.2. The van der Waals surface area contributed by atoms with Gasteiger partial charge in [0.2, 0.25) is 0 Å². The largest absolute Gasteiger partial charge is 0.545 e. The number of rotatable bonds is 4. The fraction of sp³-hybridized carbons (Fsp3) is 0.125. The Morgan fingerprint density at radius 2 is 0.958 bits per heavy atom. The molecule has 0 aromatic heterocycles. The van der Waals surface area contributed by atoms with E-state index in [0.29, 0.717) is 0 Å². The summed E-state index contributed by atoms with van der Waals surface area (Å²) in [5.74, 6) is -4.49. The van der Waals surface area contributed by atoms with Crippen molar-refractivity contribution in [3.8, 4) is 0 Å². The molecule has 0 bridgehead atoms. The fourth-order valence-corrected chi connectivity index (χ4v) is 2.48. The number of carboxylic acids is 2. The van der Waals surface area contributed by atoms with Crippen molar-refractivity contribution < 1.29 is 29.4 Å². The molecule has 0 unspecified atom stereocenters. The highest BCUT2D eigenvalue weighted by molar-refractivity contribution is 6.22. The number of aromatic carboxylic acids is 2. The Bertz CT molecular complexity index is 815. The Hall–Kier alpha value is -3.42. The molecule has 0 atom stereocenters. The molecule has 0 aliphatic heterocycles. The molecule has 2 aromatic rings. The highest BCUT2D eigenvalue weighted by atomic mass is 16.4. The summed E-state index contributed by atoms with van der Waals surface area (Å²) in [4.78, 5) is 46.9. The average Bonchev–Trinajstić information content (AvgIpc) is 2.57. The number of carbonyl (C=O) groups excluding carboxylic acids is 4. The van der Waals surface area contributed by atoms with Crippen LogP contribution in [0.15, 0.2) is 24.3 Å². The Morgan fingerprint density at radius 3 is 1.21 bits per heavy atom. The van der Waals surface area contributed by atoms with Gasteiger partial charge < -0.3 is 30.4 Å². The van der Waals surface area contributed by atoms with E-state index < -0.39 is 34.9 Å². The molecule has 0 heterocycles. The number of carbonyl (C=O) groups is 4. The van der Waals surface area contributed by atoms with Crippen LogP contribution in [0.3, 0.4) is 0 Å². The second-order valence-corrected chi connectivity index (χ2v) is 4.80. The molecule has 8 heteroatoms. The predicted molar refractivity (Wildman–Crippen MR) is 79.4 cm³/mol. The van der Waals surface area contributed by atoms with Gasteiger partial charge in [-0.2, -0.15) is 0 Å². The van der Waals surface area contributed by atoms with Gasteiger partial charge in [0, 0.05) is 47.1 Å². The molecule has 0 aliphatic rings. The highest BCUT2D eigenvalue weighted by Crippen LogP contribution is 2.30. The van der Waals surface area contributed by atoms with Crippen molar-refractivity contribution in [2.75, 3.05) is 14.1 Å². The van der Waals surface area contributed by atoms with Crippen LogP contribution in [0, 0.1) is 0 Å². The van der Waals surface area contributed by atoms with Gasteiger partial charge in [0.25, 0.3) is 11.8 Å². The summed E-state index contributed by atoms with van der Waals surface area (Å²) in [6.07, 6.45) is 0. The topological polar surface area (TPSA) is 138 Å². The minimum Gasteiger partial charge on any atom is -0.545 e. The minimum absolute atomic E-state index is 0.0950. The fourth-order valence-electron chi connectivity index (χ4n) is 2.48. The van der Waals surface area contributed by atoms with Gasteiger partial charge in [-0.15, -0.1) is 0 Å². The summed E-state index contributed by atoms with van der Waals surface area (Å²) >= 11 is 0. The van der Waals surface area contributed by atoms with Crippen LogP contribution >= 0.6 is 0 Å². The maximum atomic E-state index is 12.0. The number of hydrogen-bond acceptors (Lipinski definition) is 6. The summed E-state index contributed by atoms with van der Waals surface area (Å²) in [6.45, 7) is 0. The molecular formula is C16H12N2O6-2. The van der Waals surface area contributed by atoms with Crippen molar-refractivity contribution in [3.63, 3.8) is 0 Å². The Labute approximate surface area is 136 Å². The third kappa shape index (κ3) is 2.65. The van der Waals surface area contributed by atoms with Gasteiger partial charge in [-0.1, -0.05) is 12.1 Å². The number of carboxylic acid groups (broad SMARTS) is 2. The average molecular weight is 328 g/mol. The Morgan fingerprint density at radius 1 is 0.667 bits per heavy atom. The number of fused-ring (bicyclic) bond motifs is 1. The molecule has 0 aliphatic carbocycles. The number of benzene rings is 2. The van der Waals surface area contributed by atoms with E-state index >= 15 is 0 Å². The van der Waals surface area contributed by atoms with E-state index in [2.05, 4.69) is 10.6 Å². The molecule has 24 heavy (non-hydrogen) atoms. The zero-order chi connectivity index (χ0) is 18.0. The monoisotopic (exact) mass is 328 g/mol. The Kier molecular flexibility index (Phi) is 4.50. The van der Waals surface area contributed by atoms with Gasteiger partial charge >= 0.3 is 0 Å². The van der Waals surface area contributed by atoms with Gasteiger partial charge in [-0.3, -0.25) is 9.59 Å². The van der Waals surface area contributed by atoms with E-state index in [1.54, 1.807) is 0 Å². The first kappa shape index (κ1) is 16.9. The maximum absolute atomic E-state index is 12.0. The van der Waals surface area contributed by atoms with Crippen LogP contribution < -0.4 is 20.8 Å². The standard InChI is InChI=1S/C16H14N2O6/c1-17-13(19)7-3-4-8(14(20)18-2)12-10(16(23)24)6-5-9(11(7)12)15(21)22/h3-6H,1-2H3,(H,17,19)(H,18,20)(H,21,22)(H,23,24)/p-2. The number of nitrogens with one attached hydrogen (secondary N) is 2. The third-order valence-corrected chi connectivity index (χ3v) is 3.54. The van der Waals surface area contributed by atoms with E-state index in [9.17, 15) is 29.4 Å². The summed E-state index contributed by atoms with van der Waals surface area (Å²) in [6, 6.07) is 4.50. The summed E-state index contributed by atoms with van der Waals surface area (Å²) < 4.78 is 0. The van der Waals surface area contributed by atoms with Crippen LogP contribution in [0.5, 0.6) is 0 Å². The van der Waals surface area contributed by atoms with E-state index in [-0.39, 0.29) is 21.9 Å². The summed E-state index contributed by atoms with van der Waals surface area (Å²) in [5, 5.41) is 27.1. The second-order valence-electron chi connectivity index (χ2n) is 4.80. The molecule has 0 saturated carbocycles. The van der Waals surface area contributed by atoms with Crippen LogP contribution in [0.1, 0.15) is 41.4 Å². The zero-order valence-corrected chi connectivity index (χ0v) is 12.8. The van der Waals surface area contributed by atoms with Gasteiger partial charge in [0.1, 0.15) is 0 Å². The Balaban J connectivity index is 3.11. The van der Waals surface area contributed by atoms with Crippen molar-refractivity contribution >= 4 is 34.5 Å². The lowest BCUT2D eigenvalue weighted by atomic mass is 9.91. The van der Waals surface area contributed by atoms with Crippen LogP contribution in [-0.2, 0) is 0 Å². The van der Waals surface area contributed by atoms with Gasteiger partial charge in [-0.05, 0) is 12.1 Å². The van der Waals surface area contributed by atoms with E-state index in [1.165, 1.54) is 26.2 Å². The molecule has 2 amide bonds. The third-order valence-electron chi connectivity index (χ3n) is 3.54. The number of hydrogen-bond donors (Lipinski definition) is 2. The SMILES string of the molecule is CNC(=O)c1ccc(C(=O)NC)c2c(C(=O)[O-])ccc(C(=O)[O-])c12. The molecule has 8 nitrogen and oxygen atoms in total. The smallest absolute Gasteiger partial charge is 0.251 e. The van der Waals surface area contributed by atoms with Gasteiger partial charge in [0.15, 0.2) is 0 Å². The van der Waals surface area contributed by atoms with Crippen LogP contribution in [0.25, 0.3) is 10.8 Å². The molecule has 0 saturated heterocycles. The predicted octanol–water partition coefficient (Wildman–Crippen LogP) is -1.71. The van der Waals surface area contributed by atoms with Crippen molar-refractivity contribution in [2.24, 2.45) is 0 Å². The number of amides is 2. The molecule has 0 radical (unpaired) electrons. The molecule has 2 N–H and O–H groups in total. The van der Waals surface area contributed by atoms with Crippen molar-refractivity contribution in [3.05, 3.63) is 46.5 Å². The highest BCUT2D eigenvalue weighted by Gasteiger charge is 2.21. The first-order valence-corrected chi connectivity index (χ1v) is 6.80. The molecule has 2 aromatic carbocycles. The minimum atomic E-state index is -1.61. The van der Waals surface area contributed by atoms with Gasteiger partial charge in [0.05, 0.1) is 11.9 Å². The second kappa shape index (κ2) is 6.37. The lowest BCUT2D eigenvalue weighted by molar-refractivity contribution is -0.256. The van der Waals surface area contributed by atoms with E-state index in [0.717, 1.165) is 12.1 Å². The van der Waals surface area contributed by atoms with Crippen molar-refractivity contribution in [1.82, 2.24) is 10.6 Å². The van der Waals surface area contributed by atoms with E-state index in [4.69, 9.17) is 0 Å².